The van der Waals surface area contributed by atoms with E-state index in [1.54, 1.807) is 4.31 Å². The van der Waals surface area contributed by atoms with Crippen LogP contribution in [0.3, 0.4) is 0 Å². The number of nitrogens with one attached hydrogen (secondary N) is 1. The lowest BCUT2D eigenvalue weighted by atomic mass is 9.91. The largest absolute Gasteiger partial charge is 0.300 e. The van der Waals surface area contributed by atoms with Gasteiger partial charge >= 0.3 is 0 Å². The Bertz CT molecular complexity index is 564. The maximum absolute atomic E-state index is 11.6. The fourth-order valence-electron chi connectivity index (χ4n) is 3.84. The molecule has 0 amide bonds. The highest BCUT2D eigenvalue weighted by molar-refractivity contribution is 7.88. The van der Waals surface area contributed by atoms with Gasteiger partial charge in [0.25, 0.3) is 0 Å². The van der Waals surface area contributed by atoms with Gasteiger partial charge in [-0.3, -0.25) is 5.10 Å². The highest BCUT2D eigenvalue weighted by atomic mass is 32.2. The smallest absolute Gasteiger partial charge is 0.211 e. The molecule has 0 aromatic carbocycles. The third kappa shape index (κ3) is 3.88. The van der Waals surface area contributed by atoms with E-state index in [-0.39, 0.29) is 0 Å². The first-order chi connectivity index (χ1) is 10.5. The van der Waals surface area contributed by atoms with Gasteiger partial charge in [0.2, 0.25) is 10.0 Å². The number of rotatable bonds is 4. The Hall–Kier alpha value is -0.920. The Labute approximate surface area is 132 Å². The molecule has 0 saturated carbocycles. The molecule has 1 aromatic rings. The number of H-pyrrole nitrogens is 1. The van der Waals surface area contributed by atoms with Gasteiger partial charge in [-0.2, -0.15) is 5.10 Å². The maximum atomic E-state index is 11.6. The molecule has 7 heteroatoms. The van der Waals surface area contributed by atoms with Crippen molar-refractivity contribution in [2.75, 3.05) is 32.4 Å². The van der Waals surface area contributed by atoms with Crippen LogP contribution in [-0.2, 0) is 16.4 Å². The summed E-state index contributed by atoms with van der Waals surface area (Å²) in [5.74, 6) is 0.683. The van der Waals surface area contributed by atoms with Gasteiger partial charge in [0.05, 0.1) is 6.26 Å². The van der Waals surface area contributed by atoms with E-state index < -0.39 is 10.0 Å². The van der Waals surface area contributed by atoms with Crippen LogP contribution in [0.2, 0.25) is 0 Å². The third-order valence-electron chi connectivity index (χ3n) is 5.03. The molecule has 1 N–H and O–H groups in total. The van der Waals surface area contributed by atoms with Crippen LogP contribution in [0.15, 0.2) is 12.3 Å². The first-order valence-electron chi connectivity index (χ1n) is 8.20. The van der Waals surface area contributed by atoms with E-state index in [4.69, 9.17) is 0 Å². The van der Waals surface area contributed by atoms with Crippen molar-refractivity contribution >= 4 is 10.0 Å². The van der Waals surface area contributed by atoms with Crippen LogP contribution in [0.5, 0.6) is 0 Å². The molecule has 0 aliphatic carbocycles. The molecule has 0 radical (unpaired) electrons. The van der Waals surface area contributed by atoms with Crippen LogP contribution in [0.1, 0.15) is 31.4 Å². The summed E-state index contributed by atoms with van der Waals surface area (Å²) >= 11 is 0. The zero-order chi connectivity index (χ0) is 15.6. The first-order valence-corrected chi connectivity index (χ1v) is 10.0. The van der Waals surface area contributed by atoms with Crippen molar-refractivity contribution < 1.29 is 8.42 Å². The van der Waals surface area contributed by atoms with Crippen molar-refractivity contribution in [3.8, 4) is 0 Å². The predicted octanol–water partition coefficient (Wildman–Crippen LogP) is 1.09. The lowest BCUT2D eigenvalue weighted by Crippen LogP contribution is -2.49. The van der Waals surface area contributed by atoms with Crippen LogP contribution < -0.4 is 0 Å². The van der Waals surface area contributed by atoms with Gasteiger partial charge in [0.15, 0.2) is 0 Å². The van der Waals surface area contributed by atoms with E-state index in [1.165, 1.54) is 24.8 Å². The van der Waals surface area contributed by atoms with E-state index in [9.17, 15) is 8.42 Å². The van der Waals surface area contributed by atoms with Crippen LogP contribution in [0, 0.1) is 5.92 Å². The molecule has 0 spiro atoms. The summed E-state index contributed by atoms with van der Waals surface area (Å²) in [4.78, 5) is 2.59. The topological polar surface area (TPSA) is 69.3 Å². The zero-order valence-corrected chi connectivity index (χ0v) is 14.1. The van der Waals surface area contributed by atoms with Crippen LogP contribution in [-0.4, -0.2) is 66.3 Å². The van der Waals surface area contributed by atoms with Crippen molar-refractivity contribution in [1.82, 2.24) is 19.4 Å². The standard InChI is InChI=1S/C15H26N4O2S/c1-22(20,21)19-9-5-15(6-10-19)18-8-2-3-13(12-18)11-14-4-7-16-17-14/h4,7,13,15H,2-3,5-6,8-12H2,1H3,(H,16,17). The Morgan fingerprint density at radius 2 is 2.05 bits per heavy atom. The molecular formula is C15H26N4O2S. The number of aromatic nitrogens is 2. The maximum Gasteiger partial charge on any atom is 0.211 e. The Morgan fingerprint density at radius 1 is 1.27 bits per heavy atom. The SMILES string of the molecule is CS(=O)(=O)N1CCC(N2CCCC(Cc3ccn[nH]3)C2)CC1. The lowest BCUT2D eigenvalue weighted by Gasteiger charge is -2.41. The van der Waals surface area contributed by atoms with Crippen LogP contribution >= 0.6 is 0 Å². The Balaban J connectivity index is 1.52. The summed E-state index contributed by atoms with van der Waals surface area (Å²) in [6, 6.07) is 2.60. The molecule has 1 aromatic heterocycles. The summed E-state index contributed by atoms with van der Waals surface area (Å²) < 4.78 is 24.8. The fraction of sp³-hybridized carbons (Fsp3) is 0.800. The van der Waals surface area contributed by atoms with Crippen molar-refractivity contribution in [1.29, 1.82) is 0 Å². The number of nitrogens with zero attached hydrogens (tertiary/aromatic N) is 3. The van der Waals surface area contributed by atoms with E-state index >= 15 is 0 Å². The number of likely N-dealkylation sites (tertiary alicyclic amines) is 1. The number of piperidine rings is 2. The van der Waals surface area contributed by atoms with Crippen molar-refractivity contribution in [2.45, 2.75) is 38.1 Å². The molecule has 3 heterocycles. The summed E-state index contributed by atoms with van der Waals surface area (Å²) in [6.07, 6.45) is 8.64. The predicted molar refractivity (Wildman–Crippen MR) is 86.0 cm³/mol. The normalized spacial score (nSPS) is 26.3. The molecule has 124 valence electrons. The minimum atomic E-state index is -3.02. The van der Waals surface area contributed by atoms with Crippen molar-refractivity contribution in [3.63, 3.8) is 0 Å². The monoisotopic (exact) mass is 326 g/mol. The van der Waals surface area contributed by atoms with Crippen LogP contribution in [0.25, 0.3) is 0 Å². The van der Waals surface area contributed by atoms with Gasteiger partial charge in [-0.1, -0.05) is 0 Å². The summed E-state index contributed by atoms with van der Waals surface area (Å²) in [5.41, 5.74) is 1.22. The molecular weight excluding hydrogens is 300 g/mol. The van der Waals surface area contributed by atoms with Gasteiger partial charge in [-0.25, -0.2) is 12.7 Å². The van der Waals surface area contributed by atoms with Gasteiger partial charge < -0.3 is 4.90 Å². The van der Waals surface area contributed by atoms with Crippen LogP contribution in [0.4, 0.5) is 0 Å². The van der Waals surface area contributed by atoms with E-state index in [0.29, 0.717) is 25.0 Å². The molecule has 2 aliphatic rings. The lowest BCUT2D eigenvalue weighted by molar-refractivity contribution is 0.0893. The molecule has 2 aliphatic heterocycles. The highest BCUT2D eigenvalue weighted by Gasteiger charge is 2.31. The summed E-state index contributed by atoms with van der Waals surface area (Å²) in [5, 5.41) is 7.09. The number of hydrogen-bond donors (Lipinski definition) is 1. The minimum absolute atomic E-state index is 0.544. The average molecular weight is 326 g/mol. The summed E-state index contributed by atoms with van der Waals surface area (Å²) in [7, 11) is -3.02. The third-order valence-corrected chi connectivity index (χ3v) is 6.33. The fourth-order valence-corrected chi connectivity index (χ4v) is 4.72. The summed E-state index contributed by atoms with van der Waals surface area (Å²) in [6.45, 7) is 3.63. The number of aromatic amines is 1. The average Bonchev–Trinajstić information content (AvgIpc) is 3.00. The quantitative estimate of drug-likeness (QED) is 0.899. The molecule has 0 bridgehead atoms. The van der Waals surface area contributed by atoms with Crippen molar-refractivity contribution in [3.05, 3.63) is 18.0 Å². The second kappa shape index (κ2) is 6.68. The van der Waals surface area contributed by atoms with Crippen molar-refractivity contribution in [2.24, 2.45) is 5.92 Å². The minimum Gasteiger partial charge on any atom is -0.300 e. The molecule has 2 fully saturated rings. The second-order valence-corrected chi connectivity index (χ2v) is 8.66. The zero-order valence-electron chi connectivity index (χ0n) is 13.2. The van der Waals surface area contributed by atoms with E-state index in [1.807, 2.05) is 6.20 Å². The van der Waals surface area contributed by atoms with E-state index in [0.717, 1.165) is 32.4 Å². The molecule has 6 nitrogen and oxygen atoms in total. The molecule has 2 saturated heterocycles. The first kappa shape index (κ1) is 16.0. The molecule has 1 unspecified atom stereocenters. The van der Waals surface area contributed by atoms with Gasteiger partial charge in [-0.05, 0) is 50.6 Å². The number of hydrogen-bond acceptors (Lipinski definition) is 4. The Kier molecular flexibility index (Phi) is 4.84. The second-order valence-electron chi connectivity index (χ2n) is 6.68. The number of sulfonamides is 1. The van der Waals surface area contributed by atoms with Gasteiger partial charge in [0.1, 0.15) is 0 Å². The molecule has 3 rings (SSSR count). The van der Waals surface area contributed by atoms with Gasteiger partial charge in [0, 0.05) is 37.6 Å². The Morgan fingerprint density at radius 3 is 2.68 bits per heavy atom. The van der Waals surface area contributed by atoms with Gasteiger partial charge in [-0.15, -0.1) is 0 Å². The highest BCUT2D eigenvalue weighted by Crippen LogP contribution is 2.26. The molecule has 22 heavy (non-hydrogen) atoms. The van der Waals surface area contributed by atoms with E-state index in [2.05, 4.69) is 21.2 Å². The molecule has 1 atom stereocenters.